The molecule has 2 N–H and O–H groups in total. The molecule has 1 saturated heterocycles. The number of urea groups is 1. The van der Waals surface area contributed by atoms with Crippen LogP contribution in [-0.4, -0.2) is 18.0 Å². The normalized spacial score (nSPS) is 23.8. The molecule has 1 aliphatic heterocycles. The lowest BCUT2D eigenvalue weighted by Gasteiger charge is -1.99. The van der Waals surface area contributed by atoms with Gasteiger partial charge < -0.3 is 5.32 Å². The molecule has 0 aromatic heterocycles. The molecular weight excluding hydrogens is 132 g/mol. The van der Waals surface area contributed by atoms with E-state index in [-0.39, 0.29) is 5.91 Å². The Morgan fingerprint density at radius 3 is 2.70 bits per heavy atom. The van der Waals surface area contributed by atoms with Crippen LogP contribution in [0.15, 0.2) is 12.7 Å². The summed E-state index contributed by atoms with van der Waals surface area (Å²) >= 11 is 0. The van der Waals surface area contributed by atoms with Crippen molar-refractivity contribution in [3.8, 4) is 0 Å². The molecule has 1 heterocycles. The highest BCUT2D eigenvalue weighted by Crippen LogP contribution is 1.97. The first-order valence-corrected chi connectivity index (χ1v) is 2.96. The Morgan fingerprint density at radius 1 is 1.60 bits per heavy atom. The molecule has 1 aliphatic rings. The van der Waals surface area contributed by atoms with Crippen molar-refractivity contribution in [2.75, 3.05) is 0 Å². The summed E-state index contributed by atoms with van der Waals surface area (Å²) in [6.45, 7) is 3.45. The molecule has 0 aromatic rings. The molecular formula is C6H8N2O2. The van der Waals surface area contributed by atoms with Crippen molar-refractivity contribution in [1.29, 1.82) is 0 Å². The molecule has 1 rings (SSSR count). The summed E-state index contributed by atoms with van der Waals surface area (Å²) in [5, 5.41) is 4.55. The van der Waals surface area contributed by atoms with Crippen LogP contribution in [0.3, 0.4) is 0 Å². The summed E-state index contributed by atoms with van der Waals surface area (Å²) in [6.07, 6.45) is 2.08. The summed E-state index contributed by atoms with van der Waals surface area (Å²) in [5.74, 6) is -0.273. The van der Waals surface area contributed by atoms with E-state index in [1.807, 2.05) is 0 Å². The van der Waals surface area contributed by atoms with Crippen molar-refractivity contribution in [3.63, 3.8) is 0 Å². The van der Waals surface area contributed by atoms with E-state index >= 15 is 0 Å². The molecule has 1 unspecified atom stereocenters. The van der Waals surface area contributed by atoms with E-state index in [9.17, 15) is 9.59 Å². The first kappa shape index (κ1) is 6.80. The second kappa shape index (κ2) is 2.51. The average Bonchev–Trinajstić information content (AvgIpc) is 2.13. The fraction of sp³-hybridized carbons (Fsp3) is 0.333. The van der Waals surface area contributed by atoms with E-state index in [1.54, 1.807) is 6.08 Å². The third-order valence-corrected chi connectivity index (χ3v) is 1.26. The number of nitrogens with one attached hydrogen (secondary N) is 2. The van der Waals surface area contributed by atoms with Gasteiger partial charge in [-0.2, -0.15) is 0 Å². The van der Waals surface area contributed by atoms with Gasteiger partial charge in [-0.15, -0.1) is 6.58 Å². The molecule has 0 bridgehead atoms. The molecule has 1 atom stereocenters. The van der Waals surface area contributed by atoms with Crippen molar-refractivity contribution in [2.45, 2.75) is 12.5 Å². The highest BCUT2D eigenvalue weighted by Gasteiger charge is 2.27. The van der Waals surface area contributed by atoms with Crippen molar-refractivity contribution in [2.24, 2.45) is 0 Å². The minimum absolute atomic E-state index is 0.273. The summed E-state index contributed by atoms with van der Waals surface area (Å²) < 4.78 is 0. The average molecular weight is 140 g/mol. The van der Waals surface area contributed by atoms with Crippen LogP contribution >= 0.6 is 0 Å². The van der Waals surface area contributed by atoms with E-state index in [4.69, 9.17) is 0 Å². The molecule has 0 radical (unpaired) electrons. The quantitative estimate of drug-likeness (QED) is 0.411. The monoisotopic (exact) mass is 140 g/mol. The minimum Gasteiger partial charge on any atom is -0.326 e. The molecule has 0 aromatic carbocycles. The van der Waals surface area contributed by atoms with Crippen LogP contribution in [0.1, 0.15) is 6.42 Å². The van der Waals surface area contributed by atoms with E-state index in [0.717, 1.165) is 0 Å². The fourth-order valence-corrected chi connectivity index (χ4v) is 0.792. The topological polar surface area (TPSA) is 58.2 Å². The summed E-state index contributed by atoms with van der Waals surface area (Å²) in [4.78, 5) is 21.2. The smallest absolute Gasteiger partial charge is 0.322 e. The third kappa shape index (κ3) is 1.15. The second-order valence-corrected chi connectivity index (χ2v) is 2.04. The van der Waals surface area contributed by atoms with Crippen LogP contribution in [-0.2, 0) is 4.79 Å². The maximum Gasteiger partial charge on any atom is 0.322 e. The Balaban J connectivity index is 2.54. The third-order valence-electron chi connectivity index (χ3n) is 1.26. The molecule has 4 heteroatoms. The predicted octanol–water partition coefficient (Wildman–Crippen LogP) is -0.230. The van der Waals surface area contributed by atoms with E-state index in [0.29, 0.717) is 6.42 Å². The zero-order valence-corrected chi connectivity index (χ0v) is 5.39. The van der Waals surface area contributed by atoms with Crippen LogP contribution in [0.5, 0.6) is 0 Å². The van der Waals surface area contributed by atoms with Crippen LogP contribution in [0, 0.1) is 0 Å². The molecule has 0 saturated carbocycles. The highest BCUT2D eigenvalue weighted by atomic mass is 16.2. The number of carbonyl (C=O) groups is 2. The lowest BCUT2D eigenvalue weighted by atomic mass is 10.2. The van der Waals surface area contributed by atoms with Crippen molar-refractivity contribution < 1.29 is 9.59 Å². The molecule has 0 aliphatic carbocycles. The zero-order valence-electron chi connectivity index (χ0n) is 5.39. The predicted molar refractivity (Wildman–Crippen MR) is 35.3 cm³/mol. The Morgan fingerprint density at radius 2 is 2.30 bits per heavy atom. The van der Waals surface area contributed by atoms with Gasteiger partial charge in [0.05, 0.1) is 0 Å². The summed E-state index contributed by atoms with van der Waals surface area (Å²) in [7, 11) is 0. The Hall–Kier alpha value is -1.32. The van der Waals surface area contributed by atoms with Gasteiger partial charge >= 0.3 is 6.03 Å². The van der Waals surface area contributed by atoms with Gasteiger partial charge in [-0.25, -0.2) is 4.79 Å². The Bertz CT molecular complexity index is 188. The molecule has 1 fully saturated rings. The van der Waals surface area contributed by atoms with Crippen LogP contribution < -0.4 is 10.6 Å². The number of carbonyl (C=O) groups excluding carboxylic acids is 2. The number of amides is 3. The van der Waals surface area contributed by atoms with E-state index in [2.05, 4.69) is 17.2 Å². The SMILES string of the molecule is C=CCC1NC(=O)NC1=O. The first-order chi connectivity index (χ1) is 4.74. The van der Waals surface area contributed by atoms with Gasteiger partial charge in [0.25, 0.3) is 5.91 Å². The van der Waals surface area contributed by atoms with Crippen molar-refractivity contribution in [1.82, 2.24) is 10.6 Å². The first-order valence-electron chi connectivity index (χ1n) is 2.96. The fourth-order valence-electron chi connectivity index (χ4n) is 0.792. The van der Waals surface area contributed by atoms with Crippen LogP contribution in [0.2, 0.25) is 0 Å². The zero-order chi connectivity index (χ0) is 7.56. The van der Waals surface area contributed by atoms with Gasteiger partial charge in [-0.3, -0.25) is 10.1 Å². The largest absolute Gasteiger partial charge is 0.326 e. The van der Waals surface area contributed by atoms with Crippen LogP contribution in [0.25, 0.3) is 0 Å². The maximum absolute atomic E-state index is 10.7. The number of hydrogen-bond donors (Lipinski definition) is 2. The number of hydrogen-bond acceptors (Lipinski definition) is 2. The molecule has 4 nitrogen and oxygen atoms in total. The lowest BCUT2D eigenvalue weighted by Crippen LogP contribution is -2.27. The van der Waals surface area contributed by atoms with Gasteiger partial charge in [0.15, 0.2) is 0 Å². The minimum atomic E-state index is -0.420. The number of imide groups is 1. The van der Waals surface area contributed by atoms with Gasteiger partial charge in [-0.05, 0) is 6.42 Å². The van der Waals surface area contributed by atoms with E-state index in [1.165, 1.54) is 0 Å². The Kier molecular flexibility index (Phi) is 1.71. The molecule has 3 amide bonds. The summed E-state index contributed by atoms with van der Waals surface area (Å²) in [5.41, 5.74) is 0. The standard InChI is InChI=1S/C6H8N2O2/c1-2-3-4-5(9)8-6(10)7-4/h2,4H,1,3H2,(H2,7,8,9,10). The van der Waals surface area contributed by atoms with Crippen molar-refractivity contribution >= 4 is 11.9 Å². The molecule has 0 spiro atoms. The lowest BCUT2D eigenvalue weighted by molar-refractivity contribution is -0.120. The maximum atomic E-state index is 10.7. The van der Waals surface area contributed by atoms with Gasteiger partial charge in [0.1, 0.15) is 6.04 Å². The number of rotatable bonds is 2. The second-order valence-electron chi connectivity index (χ2n) is 2.04. The van der Waals surface area contributed by atoms with E-state index < -0.39 is 12.1 Å². The van der Waals surface area contributed by atoms with Gasteiger partial charge in [0.2, 0.25) is 0 Å². The Labute approximate surface area is 58.3 Å². The highest BCUT2D eigenvalue weighted by molar-refractivity contribution is 6.04. The van der Waals surface area contributed by atoms with Crippen molar-refractivity contribution in [3.05, 3.63) is 12.7 Å². The van der Waals surface area contributed by atoms with Gasteiger partial charge in [-0.1, -0.05) is 6.08 Å². The summed E-state index contributed by atoms with van der Waals surface area (Å²) in [6, 6.07) is -0.832. The van der Waals surface area contributed by atoms with Gasteiger partial charge in [0, 0.05) is 0 Å². The molecule has 10 heavy (non-hydrogen) atoms. The van der Waals surface area contributed by atoms with Crippen LogP contribution in [0.4, 0.5) is 4.79 Å². The molecule has 54 valence electrons.